The molecule has 1 aliphatic heterocycles. The number of hydrogen-bond acceptors (Lipinski definition) is 0. The van der Waals surface area contributed by atoms with Crippen LogP contribution in [0.2, 0.25) is 0 Å². The number of allylic oxidation sites excluding steroid dienone is 10. The van der Waals surface area contributed by atoms with E-state index in [9.17, 15) is 0 Å². The van der Waals surface area contributed by atoms with Crippen molar-refractivity contribution >= 4 is 14.3 Å². The second-order valence-electron chi connectivity index (χ2n) is 3.32. The third-order valence-corrected chi connectivity index (χ3v) is 7.08. The Kier molecular flexibility index (Phi) is 1.56. The van der Waals surface area contributed by atoms with E-state index in [-0.39, 0.29) is 0 Å². The molecular weight excluding hydrogens is 217 g/mol. The molecule has 0 spiro atoms. The average molecular weight is 226 g/mol. The third kappa shape index (κ3) is 1.06. The molecule has 0 saturated carbocycles. The zero-order valence-corrected chi connectivity index (χ0v) is 9.29. The molecule has 0 fully saturated rings. The van der Waals surface area contributed by atoms with Gasteiger partial charge in [0.15, 0.2) is 0 Å². The van der Waals surface area contributed by atoms with Crippen LogP contribution in [0, 0.1) is 0 Å². The molecule has 3 rings (SSSR count). The molecular formula is C12H9Ge. The fourth-order valence-corrected chi connectivity index (χ4v) is 5.92. The summed E-state index contributed by atoms with van der Waals surface area (Å²) in [5.41, 5.74) is 2.88. The number of rotatable bonds is 1. The van der Waals surface area contributed by atoms with E-state index in [2.05, 4.69) is 52.3 Å². The van der Waals surface area contributed by atoms with E-state index in [1.807, 2.05) is 0 Å². The average Bonchev–Trinajstić information content (AvgIpc) is 2.79. The van der Waals surface area contributed by atoms with Gasteiger partial charge >= 0.3 is 82.2 Å². The van der Waals surface area contributed by atoms with Crippen LogP contribution in [0.1, 0.15) is 0 Å². The molecule has 0 nitrogen and oxygen atoms in total. The second kappa shape index (κ2) is 2.74. The van der Waals surface area contributed by atoms with Crippen LogP contribution in [-0.2, 0) is 0 Å². The van der Waals surface area contributed by atoms with Crippen LogP contribution in [0.5, 0.6) is 0 Å². The van der Waals surface area contributed by atoms with Crippen molar-refractivity contribution in [2.24, 2.45) is 0 Å². The van der Waals surface area contributed by atoms with Crippen molar-refractivity contribution < 1.29 is 0 Å². The van der Waals surface area contributed by atoms with Crippen LogP contribution in [-0.4, -0.2) is 14.3 Å². The summed E-state index contributed by atoms with van der Waals surface area (Å²) in [4.78, 5) is 4.81. The van der Waals surface area contributed by atoms with Crippen LogP contribution in [0.15, 0.2) is 67.9 Å². The maximum atomic E-state index is 2.40. The summed E-state index contributed by atoms with van der Waals surface area (Å²) in [7, 11) is 0. The minimum absolute atomic E-state index is 1.14. The van der Waals surface area contributed by atoms with Crippen molar-refractivity contribution in [2.75, 3.05) is 0 Å². The Morgan fingerprint density at radius 1 is 0.846 bits per heavy atom. The van der Waals surface area contributed by atoms with Gasteiger partial charge in [-0.05, 0) is 0 Å². The van der Waals surface area contributed by atoms with Gasteiger partial charge in [-0.3, -0.25) is 0 Å². The maximum absolute atomic E-state index is 2.40. The van der Waals surface area contributed by atoms with Gasteiger partial charge in [0, 0.05) is 0 Å². The van der Waals surface area contributed by atoms with Crippen molar-refractivity contribution in [3.63, 3.8) is 0 Å². The van der Waals surface area contributed by atoms with Gasteiger partial charge in [0.25, 0.3) is 0 Å². The van der Waals surface area contributed by atoms with Crippen LogP contribution >= 0.6 is 0 Å². The molecule has 61 valence electrons. The monoisotopic (exact) mass is 227 g/mol. The Morgan fingerprint density at radius 3 is 2.54 bits per heavy atom. The zero-order chi connectivity index (χ0) is 8.67. The van der Waals surface area contributed by atoms with Crippen LogP contribution in [0.3, 0.4) is 0 Å². The second-order valence-corrected chi connectivity index (χ2v) is 7.75. The van der Waals surface area contributed by atoms with Crippen molar-refractivity contribution in [2.45, 2.75) is 0 Å². The van der Waals surface area contributed by atoms with E-state index in [1.54, 1.807) is 4.41 Å². The van der Waals surface area contributed by atoms with Crippen molar-refractivity contribution in [3.05, 3.63) is 67.9 Å². The summed E-state index contributed by atoms with van der Waals surface area (Å²) in [5.74, 6) is 0. The third-order valence-electron chi connectivity index (χ3n) is 2.54. The molecule has 0 bridgehead atoms. The fourth-order valence-electron chi connectivity index (χ4n) is 1.89. The van der Waals surface area contributed by atoms with Crippen molar-refractivity contribution in [3.8, 4) is 0 Å². The van der Waals surface area contributed by atoms with Crippen LogP contribution in [0.25, 0.3) is 0 Å². The van der Waals surface area contributed by atoms with Gasteiger partial charge in [0.05, 0.1) is 0 Å². The molecule has 3 aliphatic rings. The molecule has 2 aliphatic carbocycles. The molecule has 13 heavy (non-hydrogen) atoms. The Morgan fingerprint density at radius 2 is 1.69 bits per heavy atom. The van der Waals surface area contributed by atoms with Gasteiger partial charge in [0.1, 0.15) is 0 Å². The normalized spacial score (nSPS) is 23.5. The molecule has 1 heterocycles. The summed E-state index contributed by atoms with van der Waals surface area (Å²) in [6.07, 6.45) is 15.5. The fraction of sp³-hybridized carbons (Fsp3) is 0. The van der Waals surface area contributed by atoms with E-state index in [0.29, 0.717) is 0 Å². The standard InChI is InChI=1S/C12H9Ge/c1-2-9-13(8-1)12-7-6-10-4-3-5-11(10)12/h1-9H. The predicted octanol–water partition coefficient (Wildman–Crippen LogP) is 2.59. The van der Waals surface area contributed by atoms with Gasteiger partial charge in [-0.25, -0.2) is 0 Å². The summed E-state index contributed by atoms with van der Waals surface area (Å²) in [6, 6.07) is 0. The first-order chi connectivity index (χ1) is 6.45. The zero-order valence-electron chi connectivity index (χ0n) is 7.20. The topological polar surface area (TPSA) is 0 Å². The van der Waals surface area contributed by atoms with Crippen LogP contribution < -0.4 is 0 Å². The minimum atomic E-state index is -1.14. The molecule has 0 atom stereocenters. The predicted molar refractivity (Wildman–Crippen MR) is 57.4 cm³/mol. The number of hydrogen-bond donors (Lipinski definition) is 0. The van der Waals surface area contributed by atoms with Gasteiger partial charge in [-0.1, -0.05) is 0 Å². The van der Waals surface area contributed by atoms with Crippen molar-refractivity contribution in [1.29, 1.82) is 0 Å². The van der Waals surface area contributed by atoms with E-state index < -0.39 is 14.3 Å². The first-order valence-electron chi connectivity index (χ1n) is 4.48. The van der Waals surface area contributed by atoms with Gasteiger partial charge in [-0.15, -0.1) is 0 Å². The molecule has 0 unspecified atom stereocenters. The molecule has 1 radical (unpaired) electrons. The van der Waals surface area contributed by atoms with Gasteiger partial charge in [0.2, 0.25) is 0 Å². The van der Waals surface area contributed by atoms with Crippen LogP contribution in [0.4, 0.5) is 0 Å². The Balaban J connectivity index is 2.09. The quantitative estimate of drug-likeness (QED) is 0.602. The van der Waals surface area contributed by atoms with Crippen molar-refractivity contribution in [1.82, 2.24) is 0 Å². The van der Waals surface area contributed by atoms with Gasteiger partial charge in [-0.2, -0.15) is 0 Å². The molecule has 0 aromatic carbocycles. The first-order valence-corrected chi connectivity index (χ1v) is 7.95. The SMILES string of the molecule is C1=CC2=[C]([Ge]3[CH]=CC=[CH]3)C=CC2=C1. The molecule has 0 N–H and O–H groups in total. The van der Waals surface area contributed by atoms with Gasteiger partial charge < -0.3 is 0 Å². The summed E-state index contributed by atoms with van der Waals surface area (Å²) < 4.78 is 1.60. The van der Waals surface area contributed by atoms with E-state index in [1.165, 1.54) is 11.1 Å². The Bertz CT molecular complexity index is 416. The molecule has 0 aromatic heterocycles. The Hall–Kier alpha value is -1.02. The summed E-state index contributed by atoms with van der Waals surface area (Å²) in [5, 5.41) is 0. The Labute approximate surface area is 82.4 Å². The molecule has 0 saturated heterocycles. The van der Waals surface area contributed by atoms with E-state index in [0.717, 1.165) is 0 Å². The van der Waals surface area contributed by atoms with E-state index >= 15 is 0 Å². The molecule has 1 heteroatoms. The summed E-state index contributed by atoms with van der Waals surface area (Å²) in [6.45, 7) is 0. The summed E-state index contributed by atoms with van der Waals surface area (Å²) >= 11 is -1.14. The molecule has 0 amide bonds. The van der Waals surface area contributed by atoms with E-state index in [4.69, 9.17) is 0 Å². The first kappa shape index (κ1) is 7.39. The molecule has 0 aromatic rings. The number of fused-ring (bicyclic) bond motifs is 1.